The number of hydrogen-bond acceptors (Lipinski definition) is 2. The van der Waals surface area contributed by atoms with Gasteiger partial charge in [0.1, 0.15) is 6.17 Å². The molecule has 5 heteroatoms. The van der Waals surface area contributed by atoms with Gasteiger partial charge >= 0.3 is 0 Å². The van der Waals surface area contributed by atoms with E-state index >= 15 is 0 Å². The molecule has 0 saturated heterocycles. The lowest BCUT2D eigenvalue weighted by atomic mass is 10.1. The molecule has 0 aliphatic heterocycles. The van der Waals surface area contributed by atoms with Crippen molar-refractivity contribution in [2.24, 2.45) is 5.11 Å². The van der Waals surface area contributed by atoms with Crippen LogP contribution >= 0.6 is 0 Å². The maximum atomic E-state index is 12.0. The quantitative estimate of drug-likeness (QED) is 0.332. The molecule has 1 atom stereocenters. The Hall–Kier alpha value is -1.55. The Balaban J connectivity index is 3.06. The average Bonchev–Trinajstić information content (AvgIpc) is 2.25. The molecule has 1 rings (SSSR count). The topological polar surface area (TPSA) is 71.9 Å². The van der Waals surface area contributed by atoms with Gasteiger partial charge in [-0.1, -0.05) is 35.4 Å². The van der Waals surface area contributed by atoms with Crippen LogP contribution in [-0.2, 0) is 5.21 Å². The van der Waals surface area contributed by atoms with Gasteiger partial charge in [-0.05, 0) is 31.9 Å². The second-order valence-electron chi connectivity index (χ2n) is 4.49. The summed E-state index contributed by atoms with van der Waals surface area (Å²) in [7, 11) is 0. The van der Waals surface area contributed by atoms with Crippen molar-refractivity contribution < 1.29 is 5.21 Å². The highest BCUT2D eigenvalue weighted by atomic mass is 16.5. The van der Waals surface area contributed by atoms with Gasteiger partial charge in [0.2, 0.25) is 0 Å². The fourth-order valence-electron chi connectivity index (χ4n) is 1.29. The maximum absolute atomic E-state index is 12.0. The average molecular weight is 219 g/mol. The summed E-state index contributed by atoms with van der Waals surface area (Å²) < 4.78 is 0. The van der Waals surface area contributed by atoms with Gasteiger partial charge in [0.05, 0.1) is 0 Å². The first-order valence-electron chi connectivity index (χ1n) is 5.02. The zero-order valence-electron chi connectivity index (χ0n) is 9.66. The normalized spacial score (nSPS) is 13.3. The summed E-state index contributed by atoms with van der Waals surface area (Å²) in [5.41, 5.74) is 8.60. The van der Waals surface area contributed by atoms with Crippen molar-refractivity contribution in [2.75, 3.05) is 0 Å². The summed E-state index contributed by atoms with van der Waals surface area (Å²) in [6.45, 7) is 5.34. The molecule has 0 aromatic heterocycles. The highest BCUT2D eigenvalue weighted by Gasteiger charge is 2.29. The van der Waals surface area contributed by atoms with Gasteiger partial charge in [0, 0.05) is 10.5 Å². The first-order chi connectivity index (χ1) is 7.46. The molecule has 0 aliphatic carbocycles. The molecule has 0 amide bonds. The summed E-state index contributed by atoms with van der Waals surface area (Å²) in [5, 5.41) is 16.4. The third-order valence-corrected chi connectivity index (χ3v) is 2.14. The second kappa shape index (κ2) is 4.99. The van der Waals surface area contributed by atoms with Crippen LogP contribution in [0.4, 0.5) is 0 Å². The number of hydrogen-bond donors (Lipinski definition) is 0. The monoisotopic (exact) mass is 219 g/mol. The Morgan fingerprint density at radius 3 is 2.31 bits per heavy atom. The van der Waals surface area contributed by atoms with Gasteiger partial charge in [-0.2, -0.15) is 0 Å². The number of azide groups is 1. The van der Waals surface area contributed by atoms with E-state index in [1.165, 1.54) is 0 Å². The molecule has 0 heterocycles. The molecular weight excluding hydrogens is 204 g/mol. The van der Waals surface area contributed by atoms with Gasteiger partial charge in [-0.3, -0.25) is 0 Å². The third kappa shape index (κ3) is 2.97. The zero-order chi connectivity index (χ0) is 12.2. The Labute approximate surface area is 94.9 Å². The van der Waals surface area contributed by atoms with E-state index in [0.29, 0.717) is 5.56 Å². The van der Waals surface area contributed by atoms with E-state index < -0.39 is 11.7 Å². The fraction of sp³-hybridized carbons (Fsp3) is 0.455. The van der Waals surface area contributed by atoms with Crippen LogP contribution in [0.5, 0.6) is 0 Å². The molecule has 1 aromatic carbocycles. The molecular formula is C11H15N4O. The van der Waals surface area contributed by atoms with E-state index in [4.69, 9.17) is 5.53 Å². The first-order valence-corrected chi connectivity index (χ1v) is 5.02. The van der Waals surface area contributed by atoms with Crippen LogP contribution < -0.4 is 0 Å². The van der Waals surface area contributed by atoms with Gasteiger partial charge in [-0.25, -0.2) is 0 Å². The summed E-state index contributed by atoms with van der Waals surface area (Å²) in [6.07, 6.45) is -0.814. The lowest BCUT2D eigenvalue weighted by molar-refractivity contribution is -0.240. The van der Waals surface area contributed by atoms with E-state index in [1.807, 2.05) is 18.2 Å². The van der Waals surface area contributed by atoms with Crippen molar-refractivity contribution in [1.82, 2.24) is 5.06 Å². The third-order valence-electron chi connectivity index (χ3n) is 2.14. The van der Waals surface area contributed by atoms with Crippen LogP contribution in [0.1, 0.15) is 32.5 Å². The van der Waals surface area contributed by atoms with Crippen molar-refractivity contribution in [3.8, 4) is 0 Å². The van der Waals surface area contributed by atoms with Crippen LogP contribution in [0, 0.1) is 0 Å². The molecule has 0 bridgehead atoms. The van der Waals surface area contributed by atoms with Crippen LogP contribution in [0.15, 0.2) is 35.4 Å². The first kappa shape index (κ1) is 12.5. The highest BCUT2D eigenvalue weighted by molar-refractivity contribution is 5.18. The lowest BCUT2D eigenvalue weighted by Gasteiger charge is -2.31. The zero-order valence-corrected chi connectivity index (χ0v) is 9.66. The Bertz CT molecular complexity index is 379. The van der Waals surface area contributed by atoms with E-state index in [9.17, 15) is 5.21 Å². The molecule has 16 heavy (non-hydrogen) atoms. The molecule has 1 unspecified atom stereocenters. The standard InChI is InChI=1S/C11H15N4O/c1-11(2,3)15(16)10(13-14-12)9-7-5-4-6-8-9/h4-8,10H,1-3H3. The minimum atomic E-state index is -0.814. The predicted molar refractivity (Wildman–Crippen MR) is 60.6 cm³/mol. The minimum Gasteiger partial charge on any atom is -0.136 e. The number of nitrogens with zero attached hydrogens (tertiary/aromatic N) is 4. The van der Waals surface area contributed by atoms with Crippen LogP contribution in [0.3, 0.4) is 0 Å². The fourth-order valence-corrected chi connectivity index (χ4v) is 1.29. The summed E-state index contributed by atoms with van der Waals surface area (Å²) in [4.78, 5) is 2.73. The molecule has 5 nitrogen and oxygen atoms in total. The molecule has 0 aliphatic rings. The highest BCUT2D eigenvalue weighted by Crippen LogP contribution is 2.27. The van der Waals surface area contributed by atoms with Gasteiger partial charge in [0.15, 0.2) is 0 Å². The van der Waals surface area contributed by atoms with E-state index in [-0.39, 0.29) is 0 Å². The summed E-state index contributed by atoms with van der Waals surface area (Å²) in [5.74, 6) is 0. The molecule has 1 aromatic rings. The lowest BCUT2D eigenvalue weighted by Crippen LogP contribution is -2.39. The molecule has 85 valence electrons. The number of benzene rings is 1. The molecule has 0 spiro atoms. The van der Waals surface area contributed by atoms with Gasteiger partial charge in [0.25, 0.3) is 0 Å². The van der Waals surface area contributed by atoms with E-state index in [1.54, 1.807) is 32.9 Å². The van der Waals surface area contributed by atoms with E-state index in [0.717, 1.165) is 5.06 Å². The summed E-state index contributed by atoms with van der Waals surface area (Å²) in [6, 6.07) is 9.02. The Morgan fingerprint density at radius 1 is 1.31 bits per heavy atom. The molecule has 0 N–H and O–H groups in total. The van der Waals surface area contributed by atoms with E-state index in [2.05, 4.69) is 10.0 Å². The smallest absolute Gasteiger partial charge is 0.136 e. The van der Waals surface area contributed by atoms with Crippen molar-refractivity contribution in [1.29, 1.82) is 0 Å². The molecule has 0 saturated carbocycles. The van der Waals surface area contributed by atoms with Crippen molar-refractivity contribution in [3.05, 3.63) is 46.3 Å². The predicted octanol–water partition coefficient (Wildman–Crippen LogP) is 3.44. The van der Waals surface area contributed by atoms with Gasteiger partial charge < -0.3 is 0 Å². The van der Waals surface area contributed by atoms with Crippen LogP contribution in [0.2, 0.25) is 0 Å². The van der Waals surface area contributed by atoms with Crippen LogP contribution in [0.25, 0.3) is 10.4 Å². The Morgan fingerprint density at radius 2 is 1.88 bits per heavy atom. The number of hydroxylamine groups is 2. The van der Waals surface area contributed by atoms with Crippen LogP contribution in [-0.4, -0.2) is 10.6 Å². The largest absolute Gasteiger partial charge is 0.142 e. The molecule has 1 radical (unpaired) electrons. The van der Waals surface area contributed by atoms with Crippen molar-refractivity contribution >= 4 is 0 Å². The van der Waals surface area contributed by atoms with Gasteiger partial charge in [-0.15, -0.1) is 10.3 Å². The number of rotatable bonds is 3. The van der Waals surface area contributed by atoms with Crippen molar-refractivity contribution in [3.63, 3.8) is 0 Å². The second-order valence-corrected chi connectivity index (χ2v) is 4.49. The minimum absolute atomic E-state index is 0.602. The Kier molecular flexibility index (Phi) is 3.90. The molecule has 0 fully saturated rings. The maximum Gasteiger partial charge on any atom is 0.142 e. The SMILES string of the molecule is CC(C)(C)N([O])C(N=[N+]=[N-])c1ccccc1. The summed E-state index contributed by atoms with van der Waals surface area (Å²) >= 11 is 0. The van der Waals surface area contributed by atoms with Crippen molar-refractivity contribution in [2.45, 2.75) is 32.5 Å².